The highest BCUT2D eigenvalue weighted by Gasteiger charge is 2.36. The highest BCUT2D eigenvalue weighted by atomic mass is 16.5. The SMILES string of the molecule is Cc1cc(Cn2ccc3cc(C(=O)NC4(CC(=O)O)CCOCC4)ccc32)c2c(n1)CC=CC2. The molecule has 2 N–H and O–H groups in total. The zero-order valence-electron chi connectivity index (χ0n) is 19.3. The molecule has 0 radical (unpaired) electrons. The van der Waals surface area contributed by atoms with E-state index in [1.165, 1.54) is 11.1 Å². The predicted octanol–water partition coefficient (Wildman–Crippen LogP) is 3.80. The van der Waals surface area contributed by atoms with E-state index in [1.54, 1.807) is 0 Å². The van der Waals surface area contributed by atoms with Crippen LogP contribution in [0.3, 0.4) is 0 Å². The molecule has 1 aromatic carbocycles. The van der Waals surface area contributed by atoms with Gasteiger partial charge in [0, 0.05) is 60.2 Å². The Morgan fingerprint density at radius 3 is 2.74 bits per heavy atom. The van der Waals surface area contributed by atoms with Gasteiger partial charge in [0.05, 0.1) is 12.0 Å². The average molecular weight is 460 g/mol. The Morgan fingerprint density at radius 2 is 1.94 bits per heavy atom. The minimum atomic E-state index is -0.918. The highest BCUT2D eigenvalue weighted by Crippen LogP contribution is 2.27. The fraction of sp³-hybridized carbons (Fsp3) is 0.370. The molecule has 1 saturated heterocycles. The van der Waals surface area contributed by atoms with Gasteiger partial charge in [-0.25, -0.2) is 0 Å². The van der Waals surface area contributed by atoms with Gasteiger partial charge in [0.25, 0.3) is 5.91 Å². The summed E-state index contributed by atoms with van der Waals surface area (Å²) in [5.74, 6) is -1.16. The van der Waals surface area contributed by atoms with E-state index in [-0.39, 0.29) is 12.3 Å². The van der Waals surface area contributed by atoms with Gasteiger partial charge in [-0.1, -0.05) is 12.2 Å². The first kappa shape index (κ1) is 22.3. The topological polar surface area (TPSA) is 93.5 Å². The number of carbonyl (C=O) groups is 2. The quantitative estimate of drug-likeness (QED) is 0.547. The maximum atomic E-state index is 13.1. The lowest BCUT2D eigenvalue weighted by Gasteiger charge is -2.36. The third-order valence-corrected chi connectivity index (χ3v) is 6.92. The van der Waals surface area contributed by atoms with Gasteiger partial charge in [0.15, 0.2) is 0 Å². The number of ether oxygens (including phenoxy) is 1. The molecule has 0 unspecified atom stereocenters. The molecule has 2 aromatic heterocycles. The molecule has 1 aliphatic carbocycles. The maximum absolute atomic E-state index is 13.1. The van der Waals surface area contributed by atoms with Crippen molar-refractivity contribution >= 4 is 22.8 Å². The molecule has 2 aliphatic rings. The first-order chi connectivity index (χ1) is 16.4. The first-order valence-corrected chi connectivity index (χ1v) is 11.8. The third kappa shape index (κ3) is 4.48. The van der Waals surface area contributed by atoms with E-state index in [0.717, 1.165) is 41.7 Å². The number of pyridine rings is 1. The lowest BCUT2D eigenvalue weighted by atomic mass is 9.86. The molecule has 5 rings (SSSR count). The summed E-state index contributed by atoms with van der Waals surface area (Å²) in [6.07, 6.45) is 9.11. The fourth-order valence-electron chi connectivity index (χ4n) is 5.17. The molecule has 7 heteroatoms. The van der Waals surface area contributed by atoms with Gasteiger partial charge in [-0.3, -0.25) is 14.6 Å². The second kappa shape index (κ2) is 9.06. The van der Waals surface area contributed by atoms with E-state index in [0.29, 0.717) is 31.6 Å². The zero-order chi connectivity index (χ0) is 23.7. The Bertz CT molecular complexity index is 1280. The van der Waals surface area contributed by atoms with Crippen LogP contribution in [0.25, 0.3) is 10.9 Å². The number of carboxylic acid groups (broad SMARTS) is 1. The summed E-state index contributed by atoms with van der Waals surface area (Å²) in [5, 5.41) is 13.4. The maximum Gasteiger partial charge on any atom is 0.305 e. The minimum absolute atomic E-state index is 0.106. The molecular formula is C27H29N3O4. The van der Waals surface area contributed by atoms with Gasteiger partial charge in [0.2, 0.25) is 0 Å². The van der Waals surface area contributed by atoms with Crippen LogP contribution >= 0.6 is 0 Å². The number of carbonyl (C=O) groups excluding carboxylic acids is 1. The lowest BCUT2D eigenvalue weighted by molar-refractivity contribution is -0.139. The van der Waals surface area contributed by atoms with E-state index in [4.69, 9.17) is 9.72 Å². The van der Waals surface area contributed by atoms with Crippen LogP contribution < -0.4 is 5.32 Å². The Kier molecular flexibility index (Phi) is 5.96. The molecule has 1 fully saturated rings. The van der Waals surface area contributed by atoms with E-state index in [1.807, 2.05) is 31.2 Å². The summed E-state index contributed by atoms with van der Waals surface area (Å²) in [6.45, 7) is 3.68. The number of nitrogens with zero attached hydrogens (tertiary/aromatic N) is 2. The van der Waals surface area contributed by atoms with Crippen LogP contribution in [0.15, 0.2) is 48.7 Å². The molecule has 0 spiro atoms. The molecule has 34 heavy (non-hydrogen) atoms. The Morgan fingerprint density at radius 1 is 1.15 bits per heavy atom. The van der Waals surface area contributed by atoms with Crippen molar-refractivity contribution in [1.29, 1.82) is 0 Å². The van der Waals surface area contributed by atoms with Crippen molar-refractivity contribution in [3.8, 4) is 0 Å². The molecule has 3 aromatic rings. The number of hydrogen-bond donors (Lipinski definition) is 2. The van der Waals surface area contributed by atoms with Gasteiger partial charge < -0.3 is 19.7 Å². The summed E-state index contributed by atoms with van der Waals surface area (Å²) >= 11 is 0. The monoisotopic (exact) mass is 459 g/mol. The van der Waals surface area contributed by atoms with Gasteiger partial charge in [0.1, 0.15) is 0 Å². The van der Waals surface area contributed by atoms with Crippen LogP contribution in [-0.2, 0) is 28.9 Å². The molecule has 1 amide bonds. The Balaban J connectivity index is 1.39. The molecule has 176 valence electrons. The number of hydrogen-bond acceptors (Lipinski definition) is 4. The number of allylic oxidation sites excluding steroid dienone is 2. The van der Waals surface area contributed by atoms with E-state index >= 15 is 0 Å². The first-order valence-electron chi connectivity index (χ1n) is 11.8. The number of rotatable bonds is 6. The Labute approximate surface area is 198 Å². The lowest BCUT2D eigenvalue weighted by Crippen LogP contribution is -2.53. The van der Waals surface area contributed by atoms with Crippen LogP contribution in [0, 0.1) is 6.92 Å². The summed E-state index contributed by atoms with van der Waals surface area (Å²) < 4.78 is 7.59. The summed E-state index contributed by atoms with van der Waals surface area (Å²) in [7, 11) is 0. The highest BCUT2D eigenvalue weighted by molar-refractivity contribution is 5.98. The van der Waals surface area contributed by atoms with Crippen molar-refractivity contribution in [2.24, 2.45) is 0 Å². The summed E-state index contributed by atoms with van der Waals surface area (Å²) in [5.41, 5.74) is 5.60. The molecule has 7 nitrogen and oxygen atoms in total. The molecule has 0 bridgehead atoms. The molecule has 3 heterocycles. The number of nitrogens with one attached hydrogen (secondary N) is 1. The number of carboxylic acids is 1. The van der Waals surface area contributed by atoms with E-state index in [9.17, 15) is 14.7 Å². The minimum Gasteiger partial charge on any atom is -0.481 e. The van der Waals surface area contributed by atoms with Crippen LogP contribution in [0.2, 0.25) is 0 Å². The number of fused-ring (bicyclic) bond motifs is 2. The second-order valence-electron chi connectivity index (χ2n) is 9.36. The van der Waals surface area contributed by atoms with Crippen molar-refractivity contribution < 1.29 is 19.4 Å². The summed E-state index contributed by atoms with van der Waals surface area (Å²) in [4.78, 5) is 29.2. The number of aliphatic carboxylic acids is 1. The molecule has 0 saturated carbocycles. The van der Waals surface area contributed by atoms with E-state index in [2.05, 4.69) is 34.3 Å². The number of amides is 1. The third-order valence-electron chi connectivity index (χ3n) is 6.92. The standard InChI is InChI=1S/C27H29N3O4/c1-18-14-21(22-4-2-3-5-23(22)28-18)17-30-11-8-19-15-20(6-7-24(19)30)26(33)29-27(16-25(31)32)9-12-34-13-10-27/h2-3,6-8,11,14-15H,4-5,9-10,12-13,16-17H2,1H3,(H,29,33)(H,31,32). The largest absolute Gasteiger partial charge is 0.481 e. The average Bonchev–Trinajstić information content (AvgIpc) is 3.21. The van der Waals surface area contributed by atoms with Gasteiger partial charge in [-0.15, -0.1) is 0 Å². The molecule has 1 aliphatic heterocycles. The van der Waals surface area contributed by atoms with Crippen molar-refractivity contribution in [1.82, 2.24) is 14.9 Å². The smallest absolute Gasteiger partial charge is 0.305 e. The number of aromatic nitrogens is 2. The van der Waals surface area contributed by atoms with Crippen molar-refractivity contribution in [3.63, 3.8) is 0 Å². The van der Waals surface area contributed by atoms with Gasteiger partial charge >= 0.3 is 5.97 Å². The predicted molar refractivity (Wildman–Crippen MR) is 129 cm³/mol. The number of benzene rings is 1. The van der Waals surface area contributed by atoms with Crippen molar-refractivity contribution in [2.45, 2.75) is 51.1 Å². The molecular weight excluding hydrogens is 430 g/mol. The van der Waals surface area contributed by atoms with Gasteiger partial charge in [-0.05, 0) is 67.6 Å². The van der Waals surface area contributed by atoms with Gasteiger partial charge in [-0.2, -0.15) is 0 Å². The van der Waals surface area contributed by atoms with Crippen molar-refractivity contribution in [3.05, 3.63) is 76.8 Å². The normalized spacial score (nSPS) is 16.9. The van der Waals surface area contributed by atoms with E-state index < -0.39 is 11.5 Å². The van der Waals surface area contributed by atoms with Crippen molar-refractivity contribution in [2.75, 3.05) is 13.2 Å². The zero-order valence-corrected chi connectivity index (χ0v) is 19.3. The van der Waals surface area contributed by atoms with Crippen LogP contribution in [0.5, 0.6) is 0 Å². The van der Waals surface area contributed by atoms with Crippen LogP contribution in [-0.4, -0.2) is 45.3 Å². The van der Waals surface area contributed by atoms with Crippen LogP contribution in [0.1, 0.15) is 52.1 Å². The fourth-order valence-corrected chi connectivity index (χ4v) is 5.17. The molecule has 0 atom stereocenters. The Hall–Kier alpha value is -3.45. The second-order valence-corrected chi connectivity index (χ2v) is 9.36. The van der Waals surface area contributed by atoms with Crippen LogP contribution in [0.4, 0.5) is 0 Å². The summed E-state index contributed by atoms with van der Waals surface area (Å²) in [6, 6.07) is 9.86. The number of aryl methyl sites for hydroxylation is 1.